The number of Topliss-reactive ketones (excluding diaryl/α,β-unsaturated/α-hetero) is 1. The first-order chi connectivity index (χ1) is 14.7. The molecule has 2 aliphatic rings. The minimum absolute atomic E-state index is 0.229. The van der Waals surface area contributed by atoms with Crippen LogP contribution in [0.25, 0.3) is 0 Å². The van der Waals surface area contributed by atoms with Crippen molar-refractivity contribution in [3.8, 4) is 0 Å². The van der Waals surface area contributed by atoms with Crippen LogP contribution in [-0.2, 0) is 23.9 Å². The molecule has 4 atom stereocenters. The molecule has 0 aromatic heterocycles. The van der Waals surface area contributed by atoms with Gasteiger partial charge in [-0.3, -0.25) is 9.59 Å². The minimum atomic E-state index is -0.919. The molecule has 0 amide bonds. The van der Waals surface area contributed by atoms with Gasteiger partial charge in [-0.05, 0) is 50.3 Å². The Morgan fingerprint density at radius 2 is 2.03 bits per heavy atom. The Balaban J connectivity index is 2.17. The summed E-state index contributed by atoms with van der Waals surface area (Å²) in [6.45, 7) is 7.41. The van der Waals surface area contributed by atoms with Gasteiger partial charge in [-0.2, -0.15) is 0 Å². The van der Waals surface area contributed by atoms with E-state index in [0.717, 1.165) is 5.70 Å². The van der Waals surface area contributed by atoms with Crippen LogP contribution in [0.15, 0.2) is 46.8 Å². The predicted molar refractivity (Wildman–Crippen MR) is 117 cm³/mol. The SMILES string of the molecule is CCC(C)OC(=O)C1=C(C)NC2=C(C(=O)C(C(=O)OC)C(C)C2)C1c1cccc(Cl)c1. The van der Waals surface area contributed by atoms with Crippen molar-refractivity contribution in [2.24, 2.45) is 11.8 Å². The molecule has 1 aromatic carbocycles. The number of dihydropyridines is 1. The van der Waals surface area contributed by atoms with E-state index in [1.54, 1.807) is 25.1 Å². The molecule has 166 valence electrons. The van der Waals surface area contributed by atoms with Gasteiger partial charge >= 0.3 is 11.9 Å². The summed E-state index contributed by atoms with van der Waals surface area (Å²) >= 11 is 6.25. The Bertz CT molecular complexity index is 980. The number of halogens is 1. The lowest BCUT2D eigenvalue weighted by Gasteiger charge is -2.38. The van der Waals surface area contributed by atoms with Crippen LogP contribution in [0.2, 0.25) is 5.02 Å². The molecule has 7 heteroatoms. The van der Waals surface area contributed by atoms with Gasteiger partial charge < -0.3 is 14.8 Å². The molecule has 1 aliphatic carbocycles. The quantitative estimate of drug-likeness (QED) is 0.537. The number of nitrogens with one attached hydrogen (secondary N) is 1. The molecule has 0 spiro atoms. The van der Waals surface area contributed by atoms with Crippen LogP contribution >= 0.6 is 11.6 Å². The minimum Gasteiger partial charge on any atom is -0.468 e. The summed E-state index contributed by atoms with van der Waals surface area (Å²) in [5.41, 5.74) is 2.81. The fourth-order valence-corrected chi connectivity index (χ4v) is 4.50. The molecule has 0 saturated heterocycles. The second-order valence-electron chi connectivity index (χ2n) is 8.21. The maximum Gasteiger partial charge on any atom is 0.337 e. The molecule has 31 heavy (non-hydrogen) atoms. The van der Waals surface area contributed by atoms with Crippen molar-refractivity contribution in [3.63, 3.8) is 0 Å². The van der Waals surface area contributed by atoms with E-state index in [4.69, 9.17) is 21.1 Å². The molecule has 6 nitrogen and oxygen atoms in total. The number of hydrogen-bond acceptors (Lipinski definition) is 6. The highest BCUT2D eigenvalue weighted by Crippen LogP contribution is 2.45. The monoisotopic (exact) mass is 445 g/mol. The standard InChI is InChI=1S/C24H28ClNO5/c1-6-13(3)31-24(29)19-14(4)26-17-10-12(2)18(23(28)30-5)22(27)21(17)20(19)15-8-7-9-16(25)11-15/h7-9,11-13,18,20,26H,6,10H2,1-5H3. The van der Waals surface area contributed by atoms with E-state index in [0.29, 0.717) is 40.3 Å². The van der Waals surface area contributed by atoms with E-state index in [-0.39, 0.29) is 17.8 Å². The summed E-state index contributed by atoms with van der Waals surface area (Å²) in [5.74, 6) is -3.22. The van der Waals surface area contributed by atoms with Gasteiger partial charge in [-0.1, -0.05) is 37.6 Å². The van der Waals surface area contributed by atoms with E-state index in [1.165, 1.54) is 7.11 Å². The van der Waals surface area contributed by atoms with Crippen molar-refractivity contribution >= 4 is 29.3 Å². The highest BCUT2D eigenvalue weighted by Gasteiger charge is 2.47. The number of ketones is 1. The number of carbonyl (C=O) groups excluding carboxylic acids is 3. The number of ether oxygens (including phenoxy) is 2. The first kappa shape index (κ1) is 23.1. The summed E-state index contributed by atoms with van der Waals surface area (Å²) in [7, 11) is 1.28. The molecule has 0 bridgehead atoms. The predicted octanol–water partition coefficient (Wildman–Crippen LogP) is 4.29. The first-order valence-electron chi connectivity index (χ1n) is 10.5. The van der Waals surface area contributed by atoms with Crippen molar-refractivity contribution in [2.45, 2.75) is 52.6 Å². The molecule has 1 aliphatic heterocycles. The fraction of sp³-hybridized carbons (Fsp3) is 0.458. The van der Waals surface area contributed by atoms with E-state index >= 15 is 0 Å². The second-order valence-corrected chi connectivity index (χ2v) is 8.65. The van der Waals surface area contributed by atoms with Crippen LogP contribution in [-0.4, -0.2) is 30.9 Å². The maximum absolute atomic E-state index is 13.6. The average molecular weight is 446 g/mol. The van der Waals surface area contributed by atoms with Crippen LogP contribution < -0.4 is 5.32 Å². The highest BCUT2D eigenvalue weighted by atomic mass is 35.5. The zero-order valence-corrected chi connectivity index (χ0v) is 19.2. The van der Waals surface area contributed by atoms with Crippen LogP contribution in [0.3, 0.4) is 0 Å². The molecular formula is C24H28ClNO5. The Hall–Kier alpha value is -2.60. The largest absolute Gasteiger partial charge is 0.468 e. The fourth-order valence-electron chi connectivity index (χ4n) is 4.30. The third kappa shape index (κ3) is 4.40. The number of hydrogen-bond donors (Lipinski definition) is 1. The van der Waals surface area contributed by atoms with Gasteiger partial charge in [0.05, 0.1) is 18.8 Å². The summed E-state index contributed by atoms with van der Waals surface area (Å²) in [6.07, 6.45) is 0.888. The molecule has 0 fully saturated rings. The topological polar surface area (TPSA) is 81.7 Å². The summed E-state index contributed by atoms with van der Waals surface area (Å²) in [4.78, 5) is 39.2. The highest BCUT2D eigenvalue weighted by molar-refractivity contribution is 6.30. The van der Waals surface area contributed by atoms with E-state index in [1.807, 2.05) is 26.8 Å². The van der Waals surface area contributed by atoms with Crippen LogP contribution in [0.4, 0.5) is 0 Å². The smallest absolute Gasteiger partial charge is 0.337 e. The van der Waals surface area contributed by atoms with Crippen molar-refractivity contribution in [1.29, 1.82) is 0 Å². The van der Waals surface area contributed by atoms with Gasteiger partial charge in [-0.15, -0.1) is 0 Å². The summed E-state index contributed by atoms with van der Waals surface area (Å²) in [6, 6.07) is 7.08. The molecular weight excluding hydrogens is 418 g/mol. The molecule has 0 saturated carbocycles. The van der Waals surface area contributed by atoms with Crippen molar-refractivity contribution in [1.82, 2.24) is 5.32 Å². The number of esters is 2. The lowest BCUT2D eigenvalue weighted by Crippen LogP contribution is -2.43. The van der Waals surface area contributed by atoms with Crippen LogP contribution in [0.1, 0.15) is 52.0 Å². The van der Waals surface area contributed by atoms with Gasteiger partial charge in [0.1, 0.15) is 5.92 Å². The Labute approximate surface area is 187 Å². The van der Waals surface area contributed by atoms with Gasteiger partial charge in [0, 0.05) is 27.9 Å². The third-order valence-electron chi connectivity index (χ3n) is 6.03. The van der Waals surface area contributed by atoms with Crippen molar-refractivity contribution in [3.05, 3.63) is 57.4 Å². The zero-order valence-electron chi connectivity index (χ0n) is 18.5. The summed E-state index contributed by atoms with van der Waals surface area (Å²) in [5, 5.41) is 3.74. The molecule has 3 rings (SSSR count). The van der Waals surface area contributed by atoms with Gasteiger partial charge in [0.15, 0.2) is 5.78 Å². The van der Waals surface area contributed by atoms with E-state index in [2.05, 4.69) is 5.32 Å². The normalized spacial score (nSPS) is 24.3. The molecule has 4 unspecified atom stereocenters. The van der Waals surface area contributed by atoms with Gasteiger partial charge in [0.2, 0.25) is 0 Å². The number of allylic oxidation sites excluding steroid dienone is 3. The Morgan fingerprint density at radius 3 is 2.65 bits per heavy atom. The van der Waals surface area contributed by atoms with Crippen molar-refractivity contribution in [2.75, 3.05) is 7.11 Å². The van der Waals surface area contributed by atoms with E-state index in [9.17, 15) is 14.4 Å². The third-order valence-corrected chi connectivity index (χ3v) is 6.26. The second kappa shape index (κ2) is 9.27. The molecule has 0 radical (unpaired) electrons. The van der Waals surface area contributed by atoms with Gasteiger partial charge in [-0.25, -0.2) is 4.79 Å². The molecule has 1 aromatic rings. The number of carbonyl (C=O) groups is 3. The molecule has 1 heterocycles. The lowest BCUT2D eigenvalue weighted by atomic mass is 9.69. The average Bonchev–Trinajstić information content (AvgIpc) is 2.72. The van der Waals surface area contributed by atoms with Crippen molar-refractivity contribution < 1.29 is 23.9 Å². The van der Waals surface area contributed by atoms with Gasteiger partial charge in [0.25, 0.3) is 0 Å². The Morgan fingerprint density at radius 1 is 1.32 bits per heavy atom. The number of benzene rings is 1. The summed E-state index contributed by atoms with van der Waals surface area (Å²) < 4.78 is 10.5. The van der Waals surface area contributed by atoms with E-state index < -0.39 is 23.8 Å². The maximum atomic E-state index is 13.6. The lowest BCUT2D eigenvalue weighted by molar-refractivity contribution is -0.151. The Kier molecular flexibility index (Phi) is 6.90. The molecule has 1 N–H and O–H groups in total. The van der Waals surface area contributed by atoms with Crippen LogP contribution in [0.5, 0.6) is 0 Å². The first-order valence-corrected chi connectivity index (χ1v) is 10.9. The van der Waals surface area contributed by atoms with Crippen LogP contribution in [0, 0.1) is 11.8 Å². The number of rotatable bonds is 5. The zero-order chi connectivity index (χ0) is 22.9. The number of methoxy groups -OCH3 is 1.